The molecule has 1 aliphatic rings. The number of methoxy groups -OCH3 is 1. The van der Waals surface area contributed by atoms with Gasteiger partial charge in [0.15, 0.2) is 4.77 Å². The molecule has 0 spiro atoms. The fourth-order valence-electron chi connectivity index (χ4n) is 2.53. The van der Waals surface area contributed by atoms with Gasteiger partial charge >= 0.3 is 0 Å². The van der Waals surface area contributed by atoms with Crippen LogP contribution < -0.4 is 4.74 Å². The van der Waals surface area contributed by atoms with Crippen LogP contribution in [-0.2, 0) is 17.7 Å². The topological polar surface area (TPSA) is 52.1 Å². The number of hydrogen-bond donors (Lipinski definition) is 1. The normalized spacial score (nSPS) is 17.6. The SMILES string of the molecule is COCCn1c(C2COc3ccccc3C2)n[nH]c1=S. The zero-order chi connectivity index (χ0) is 13.9. The molecule has 0 aliphatic carbocycles. The van der Waals surface area contributed by atoms with Crippen LogP contribution in [0.4, 0.5) is 0 Å². The summed E-state index contributed by atoms with van der Waals surface area (Å²) in [7, 11) is 1.68. The smallest absolute Gasteiger partial charge is 0.195 e. The van der Waals surface area contributed by atoms with Gasteiger partial charge in [-0.3, -0.25) is 5.10 Å². The molecule has 1 atom stereocenters. The molecule has 0 radical (unpaired) electrons. The number of nitrogens with one attached hydrogen (secondary N) is 1. The molecule has 0 bridgehead atoms. The molecule has 2 heterocycles. The summed E-state index contributed by atoms with van der Waals surface area (Å²) in [6.07, 6.45) is 0.919. The predicted molar refractivity (Wildman–Crippen MR) is 77.7 cm³/mol. The number of aromatic amines is 1. The Hall–Kier alpha value is -1.66. The monoisotopic (exact) mass is 291 g/mol. The highest BCUT2D eigenvalue weighted by atomic mass is 32.1. The van der Waals surface area contributed by atoms with E-state index in [-0.39, 0.29) is 5.92 Å². The molecule has 106 valence electrons. The van der Waals surface area contributed by atoms with Crippen LogP contribution in [0.2, 0.25) is 0 Å². The van der Waals surface area contributed by atoms with Gasteiger partial charge < -0.3 is 14.0 Å². The second-order valence-corrected chi connectivity index (χ2v) is 5.24. The summed E-state index contributed by atoms with van der Waals surface area (Å²) < 4.78 is 13.6. The quantitative estimate of drug-likeness (QED) is 0.878. The van der Waals surface area contributed by atoms with Gasteiger partial charge in [-0.25, -0.2) is 0 Å². The van der Waals surface area contributed by atoms with Crippen LogP contribution in [0.3, 0.4) is 0 Å². The number of hydrogen-bond acceptors (Lipinski definition) is 4. The Kier molecular flexibility index (Phi) is 3.84. The average molecular weight is 291 g/mol. The Morgan fingerprint density at radius 1 is 1.50 bits per heavy atom. The molecule has 2 aromatic rings. The van der Waals surface area contributed by atoms with Gasteiger partial charge in [0, 0.05) is 13.7 Å². The lowest BCUT2D eigenvalue weighted by Gasteiger charge is -2.24. The Labute approximate surface area is 122 Å². The highest BCUT2D eigenvalue weighted by molar-refractivity contribution is 7.71. The fraction of sp³-hybridized carbons (Fsp3) is 0.429. The van der Waals surface area contributed by atoms with Crippen molar-refractivity contribution in [2.45, 2.75) is 18.9 Å². The molecule has 0 saturated carbocycles. The van der Waals surface area contributed by atoms with Crippen LogP contribution in [0.5, 0.6) is 5.75 Å². The third-order valence-corrected chi connectivity index (χ3v) is 3.86. The zero-order valence-corrected chi connectivity index (χ0v) is 12.2. The highest BCUT2D eigenvalue weighted by Gasteiger charge is 2.25. The standard InChI is InChI=1S/C14H17N3O2S/c1-18-7-6-17-13(15-16-14(17)20)11-8-10-4-2-3-5-12(10)19-9-11/h2-5,11H,6-9H2,1H3,(H,16,20). The average Bonchev–Trinajstić information content (AvgIpc) is 2.85. The Morgan fingerprint density at radius 2 is 2.35 bits per heavy atom. The summed E-state index contributed by atoms with van der Waals surface area (Å²) in [5.41, 5.74) is 1.22. The van der Waals surface area contributed by atoms with Crippen molar-refractivity contribution in [3.63, 3.8) is 0 Å². The first-order valence-corrected chi connectivity index (χ1v) is 7.05. The molecule has 6 heteroatoms. The molecule has 5 nitrogen and oxygen atoms in total. The second kappa shape index (κ2) is 5.76. The van der Waals surface area contributed by atoms with E-state index in [2.05, 4.69) is 16.3 Å². The van der Waals surface area contributed by atoms with Gasteiger partial charge in [0.1, 0.15) is 11.6 Å². The van der Waals surface area contributed by atoms with E-state index < -0.39 is 0 Å². The van der Waals surface area contributed by atoms with Crippen LogP contribution >= 0.6 is 12.2 Å². The van der Waals surface area contributed by atoms with Crippen LogP contribution in [-0.4, -0.2) is 35.1 Å². The van der Waals surface area contributed by atoms with Gasteiger partial charge in [0.2, 0.25) is 0 Å². The molecular weight excluding hydrogens is 274 g/mol. The third-order valence-electron chi connectivity index (χ3n) is 3.55. The maximum absolute atomic E-state index is 5.83. The van der Waals surface area contributed by atoms with Crippen molar-refractivity contribution in [1.29, 1.82) is 0 Å². The molecule has 1 aromatic carbocycles. The van der Waals surface area contributed by atoms with E-state index in [1.807, 2.05) is 22.8 Å². The van der Waals surface area contributed by atoms with Gasteiger partial charge in [-0.15, -0.1) is 0 Å². The summed E-state index contributed by atoms with van der Waals surface area (Å²) in [5, 5.41) is 7.25. The number of nitrogens with zero attached hydrogens (tertiary/aromatic N) is 2. The van der Waals surface area contributed by atoms with Crippen molar-refractivity contribution in [2.75, 3.05) is 20.3 Å². The van der Waals surface area contributed by atoms with Gasteiger partial charge in [-0.2, -0.15) is 5.10 Å². The van der Waals surface area contributed by atoms with E-state index in [0.29, 0.717) is 24.5 Å². The summed E-state index contributed by atoms with van der Waals surface area (Å²) in [6, 6.07) is 8.14. The van der Waals surface area contributed by atoms with E-state index in [4.69, 9.17) is 21.7 Å². The molecule has 0 saturated heterocycles. The lowest BCUT2D eigenvalue weighted by atomic mass is 9.96. The molecule has 0 amide bonds. The number of H-pyrrole nitrogens is 1. The molecule has 1 unspecified atom stereocenters. The number of ether oxygens (including phenoxy) is 2. The minimum atomic E-state index is 0.217. The number of fused-ring (bicyclic) bond motifs is 1. The maximum Gasteiger partial charge on any atom is 0.195 e. The second-order valence-electron chi connectivity index (χ2n) is 4.85. The van der Waals surface area contributed by atoms with E-state index >= 15 is 0 Å². The Morgan fingerprint density at radius 3 is 3.20 bits per heavy atom. The minimum absolute atomic E-state index is 0.217. The predicted octanol–water partition coefficient (Wildman–Crippen LogP) is 2.31. The molecule has 1 aliphatic heterocycles. The third kappa shape index (κ3) is 2.48. The van der Waals surface area contributed by atoms with Crippen molar-refractivity contribution < 1.29 is 9.47 Å². The largest absolute Gasteiger partial charge is 0.493 e. The number of rotatable bonds is 4. The van der Waals surface area contributed by atoms with Crippen molar-refractivity contribution in [3.8, 4) is 5.75 Å². The van der Waals surface area contributed by atoms with E-state index in [0.717, 1.165) is 18.0 Å². The van der Waals surface area contributed by atoms with Crippen molar-refractivity contribution >= 4 is 12.2 Å². The summed E-state index contributed by atoms with van der Waals surface area (Å²) in [4.78, 5) is 0. The van der Waals surface area contributed by atoms with Crippen molar-refractivity contribution in [1.82, 2.24) is 14.8 Å². The molecular formula is C14H17N3O2S. The van der Waals surface area contributed by atoms with E-state index in [9.17, 15) is 0 Å². The van der Waals surface area contributed by atoms with Gasteiger partial charge in [-0.1, -0.05) is 18.2 Å². The molecule has 1 N–H and O–H groups in total. The van der Waals surface area contributed by atoms with Crippen LogP contribution in [0, 0.1) is 4.77 Å². The Balaban J connectivity index is 1.86. The molecule has 0 fully saturated rings. The molecule has 3 rings (SSSR count). The summed E-state index contributed by atoms with van der Waals surface area (Å²) in [6.45, 7) is 1.95. The van der Waals surface area contributed by atoms with Gasteiger partial charge in [0.25, 0.3) is 0 Å². The highest BCUT2D eigenvalue weighted by Crippen LogP contribution is 2.31. The first-order chi connectivity index (χ1) is 9.79. The van der Waals surface area contributed by atoms with Crippen LogP contribution in [0.15, 0.2) is 24.3 Å². The van der Waals surface area contributed by atoms with Crippen LogP contribution in [0.1, 0.15) is 17.3 Å². The Bertz CT molecular complexity index is 650. The number of aromatic nitrogens is 3. The number of benzene rings is 1. The summed E-state index contributed by atoms with van der Waals surface area (Å²) in [5.74, 6) is 2.14. The van der Waals surface area contributed by atoms with Gasteiger partial charge in [-0.05, 0) is 30.3 Å². The summed E-state index contributed by atoms with van der Waals surface area (Å²) >= 11 is 5.28. The first-order valence-electron chi connectivity index (χ1n) is 6.64. The van der Waals surface area contributed by atoms with Crippen molar-refractivity contribution in [2.24, 2.45) is 0 Å². The van der Waals surface area contributed by atoms with E-state index in [1.165, 1.54) is 5.56 Å². The lowest BCUT2D eigenvalue weighted by Crippen LogP contribution is -2.23. The maximum atomic E-state index is 5.83. The molecule has 1 aromatic heterocycles. The zero-order valence-electron chi connectivity index (χ0n) is 11.3. The first kappa shape index (κ1) is 13.3. The fourth-order valence-corrected chi connectivity index (χ4v) is 2.76. The number of para-hydroxylation sites is 1. The van der Waals surface area contributed by atoms with Gasteiger partial charge in [0.05, 0.1) is 19.1 Å². The molecule has 20 heavy (non-hydrogen) atoms. The van der Waals surface area contributed by atoms with E-state index in [1.54, 1.807) is 7.11 Å². The van der Waals surface area contributed by atoms with Crippen molar-refractivity contribution in [3.05, 3.63) is 40.4 Å². The minimum Gasteiger partial charge on any atom is -0.493 e. The van der Waals surface area contributed by atoms with Crippen LogP contribution in [0.25, 0.3) is 0 Å². The lowest BCUT2D eigenvalue weighted by molar-refractivity contribution is 0.183.